The predicted molar refractivity (Wildman–Crippen MR) is 76.0 cm³/mol. The maximum absolute atomic E-state index is 12.3. The first-order valence-corrected chi connectivity index (χ1v) is 6.74. The average Bonchev–Trinajstić information content (AvgIpc) is 2.49. The van der Waals surface area contributed by atoms with Crippen LogP contribution in [0.1, 0.15) is 29.4 Å². The molecule has 96 valence electrons. The van der Waals surface area contributed by atoms with E-state index in [-0.39, 0.29) is 17.7 Å². The zero-order valence-electron chi connectivity index (χ0n) is 10.8. The highest BCUT2D eigenvalue weighted by Gasteiger charge is 2.33. The second kappa shape index (κ2) is 5.27. The van der Waals surface area contributed by atoms with Gasteiger partial charge in [-0.2, -0.15) is 0 Å². The van der Waals surface area contributed by atoms with E-state index in [1.54, 1.807) is 0 Å². The molecule has 2 aromatic rings. The fourth-order valence-electron chi connectivity index (χ4n) is 2.91. The van der Waals surface area contributed by atoms with Gasteiger partial charge in [0.15, 0.2) is 0 Å². The first-order valence-electron chi connectivity index (χ1n) is 6.74. The normalized spacial score (nSPS) is 22.8. The number of amides is 1. The van der Waals surface area contributed by atoms with E-state index in [0.29, 0.717) is 0 Å². The fraction of sp³-hybridized carbons (Fsp3) is 0.235. The molecule has 1 heterocycles. The van der Waals surface area contributed by atoms with Crippen molar-refractivity contribution in [2.24, 2.45) is 0 Å². The van der Waals surface area contributed by atoms with E-state index in [1.807, 2.05) is 48.5 Å². The molecule has 1 fully saturated rings. The lowest BCUT2D eigenvalue weighted by Crippen LogP contribution is -2.39. The van der Waals surface area contributed by atoms with Crippen LogP contribution in [0.5, 0.6) is 0 Å². The minimum Gasteiger partial charge on any atom is -0.356 e. The molecule has 1 N–H and O–H groups in total. The topological polar surface area (TPSA) is 29.1 Å². The van der Waals surface area contributed by atoms with Crippen LogP contribution in [-0.4, -0.2) is 12.5 Å². The van der Waals surface area contributed by atoms with Gasteiger partial charge in [-0.25, -0.2) is 0 Å². The lowest BCUT2D eigenvalue weighted by Gasteiger charge is -2.31. The Bertz CT molecular complexity index is 550. The van der Waals surface area contributed by atoms with Gasteiger partial charge in [0, 0.05) is 12.5 Å². The molecule has 0 spiro atoms. The molecule has 19 heavy (non-hydrogen) atoms. The highest BCUT2D eigenvalue weighted by Crippen LogP contribution is 2.37. The Hall–Kier alpha value is -2.09. The Labute approximate surface area is 113 Å². The smallest absolute Gasteiger partial charge is 0.228 e. The summed E-state index contributed by atoms with van der Waals surface area (Å²) < 4.78 is 0. The second-order valence-electron chi connectivity index (χ2n) is 4.99. The fourth-order valence-corrected chi connectivity index (χ4v) is 2.91. The molecule has 0 bridgehead atoms. The first kappa shape index (κ1) is 12.0. The van der Waals surface area contributed by atoms with Crippen molar-refractivity contribution >= 4 is 5.91 Å². The van der Waals surface area contributed by atoms with Gasteiger partial charge >= 0.3 is 0 Å². The lowest BCUT2D eigenvalue weighted by molar-refractivity contribution is -0.124. The van der Waals surface area contributed by atoms with Crippen molar-refractivity contribution in [2.45, 2.75) is 18.3 Å². The SMILES string of the molecule is O=C1NCC[C@@H](c2ccccc2)[C@H]1c1ccccc1. The summed E-state index contributed by atoms with van der Waals surface area (Å²) in [6, 6.07) is 20.4. The van der Waals surface area contributed by atoms with Crippen molar-refractivity contribution in [1.29, 1.82) is 0 Å². The Morgan fingerprint density at radius 1 is 0.842 bits per heavy atom. The van der Waals surface area contributed by atoms with Gasteiger partial charge in [0.25, 0.3) is 0 Å². The third-order valence-corrected chi connectivity index (χ3v) is 3.83. The van der Waals surface area contributed by atoms with Crippen LogP contribution in [0.15, 0.2) is 60.7 Å². The predicted octanol–water partition coefficient (Wildman–Crippen LogP) is 3.07. The molecule has 1 saturated heterocycles. The van der Waals surface area contributed by atoms with Crippen molar-refractivity contribution < 1.29 is 4.79 Å². The van der Waals surface area contributed by atoms with Crippen LogP contribution in [0.4, 0.5) is 0 Å². The summed E-state index contributed by atoms with van der Waals surface area (Å²) in [5, 5.41) is 2.99. The van der Waals surface area contributed by atoms with Crippen LogP contribution in [0.2, 0.25) is 0 Å². The molecule has 0 radical (unpaired) electrons. The van der Waals surface area contributed by atoms with Crippen LogP contribution in [0, 0.1) is 0 Å². The largest absolute Gasteiger partial charge is 0.356 e. The first-order chi connectivity index (χ1) is 9.36. The summed E-state index contributed by atoms with van der Waals surface area (Å²) in [4.78, 5) is 12.3. The van der Waals surface area contributed by atoms with Crippen molar-refractivity contribution in [3.63, 3.8) is 0 Å². The number of nitrogens with one attached hydrogen (secondary N) is 1. The van der Waals surface area contributed by atoms with Gasteiger partial charge in [0.05, 0.1) is 5.92 Å². The maximum Gasteiger partial charge on any atom is 0.228 e. The number of carbonyl (C=O) groups is 1. The highest BCUT2D eigenvalue weighted by atomic mass is 16.1. The summed E-state index contributed by atoms with van der Waals surface area (Å²) >= 11 is 0. The van der Waals surface area contributed by atoms with Crippen molar-refractivity contribution in [1.82, 2.24) is 5.32 Å². The summed E-state index contributed by atoms with van der Waals surface area (Å²) in [6.45, 7) is 0.766. The lowest BCUT2D eigenvalue weighted by atomic mass is 9.77. The Morgan fingerprint density at radius 2 is 1.42 bits per heavy atom. The Kier molecular flexibility index (Phi) is 3.32. The summed E-state index contributed by atoms with van der Waals surface area (Å²) in [5.74, 6) is 0.348. The van der Waals surface area contributed by atoms with Gasteiger partial charge in [0.1, 0.15) is 0 Å². The number of piperidine rings is 1. The number of hydrogen-bond acceptors (Lipinski definition) is 1. The molecule has 2 nitrogen and oxygen atoms in total. The molecule has 2 heteroatoms. The summed E-state index contributed by atoms with van der Waals surface area (Å²) in [7, 11) is 0. The maximum atomic E-state index is 12.3. The van der Waals surface area contributed by atoms with E-state index in [1.165, 1.54) is 5.56 Å². The van der Waals surface area contributed by atoms with Crippen molar-refractivity contribution in [3.8, 4) is 0 Å². The van der Waals surface area contributed by atoms with Crippen molar-refractivity contribution in [2.75, 3.05) is 6.54 Å². The molecule has 1 aliphatic rings. The molecule has 3 rings (SSSR count). The second-order valence-corrected chi connectivity index (χ2v) is 4.99. The van der Waals surface area contributed by atoms with Gasteiger partial charge < -0.3 is 5.32 Å². The van der Waals surface area contributed by atoms with E-state index >= 15 is 0 Å². The average molecular weight is 251 g/mol. The zero-order chi connectivity index (χ0) is 13.1. The van der Waals surface area contributed by atoms with Gasteiger partial charge in [-0.15, -0.1) is 0 Å². The van der Waals surface area contributed by atoms with E-state index in [2.05, 4.69) is 17.4 Å². The number of benzene rings is 2. The van der Waals surface area contributed by atoms with Gasteiger partial charge in [0.2, 0.25) is 5.91 Å². The standard InChI is InChI=1S/C17H17NO/c19-17-16(14-9-5-2-6-10-14)15(11-12-18-17)13-7-3-1-4-8-13/h1-10,15-16H,11-12H2,(H,18,19)/t15-,16+/m0/s1. The summed E-state index contributed by atoms with van der Waals surface area (Å²) in [5.41, 5.74) is 2.36. The molecule has 0 saturated carbocycles. The molecular formula is C17H17NO. The molecular weight excluding hydrogens is 234 g/mol. The summed E-state index contributed by atoms with van der Waals surface area (Å²) in [6.07, 6.45) is 0.995. The quantitative estimate of drug-likeness (QED) is 0.873. The molecule has 2 aromatic carbocycles. The number of hydrogen-bond donors (Lipinski definition) is 1. The van der Waals surface area contributed by atoms with Gasteiger partial charge in [-0.3, -0.25) is 4.79 Å². The molecule has 1 aliphatic heterocycles. The highest BCUT2D eigenvalue weighted by molar-refractivity contribution is 5.85. The minimum absolute atomic E-state index is 0.0719. The third kappa shape index (κ3) is 2.39. The monoisotopic (exact) mass is 251 g/mol. The zero-order valence-corrected chi connectivity index (χ0v) is 10.8. The van der Waals surface area contributed by atoms with Crippen LogP contribution in [0.25, 0.3) is 0 Å². The van der Waals surface area contributed by atoms with E-state index in [0.717, 1.165) is 18.5 Å². The number of rotatable bonds is 2. The van der Waals surface area contributed by atoms with E-state index in [4.69, 9.17) is 0 Å². The van der Waals surface area contributed by atoms with Crippen LogP contribution < -0.4 is 5.32 Å². The Morgan fingerprint density at radius 3 is 2.05 bits per heavy atom. The molecule has 0 aliphatic carbocycles. The molecule has 2 atom stereocenters. The van der Waals surface area contributed by atoms with Gasteiger partial charge in [-0.05, 0) is 17.5 Å². The number of carbonyl (C=O) groups excluding carboxylic acids is 1. The van der Waals surface area contributed by atoms with Gasteiger partial charge in [-0.1, -0.05) is 60.7 Å². The van der Waals surface area contributed by atoms with Crippen LogP contribution in [0.3, 0.4) is 0 Å². The third-order valence-electron chi connectivity index (χ3n) is 3.83. The van der Waals surface area contributed by atoms with Crippen molar-refractivity contribution in [3.05, 3.63) is 71.8 Å². The van der Waals surface area contributed by atoms with Crippen LogP contribution in [-0.2, 0) is 4.79 Å². The molecule has 1 amide bonds. The van der Waals surface area contributed by atoms with E-state index < -0.39 is 0 Å². The molecule has 0 unspecified atom stereocenters. The van der Waals surface area contributed by atoms with E-state index in [9.17, 15) is 4.79 Å². The minimum atomic E-state index is -0.0719. The Balaban J connectivity index is 1.99. The van der Waals surface area contributed by atoms with Crippen LogP contribution >= 0.6 is 0 Å². The molecule has 0 aromatic heterocycles.